The van der Waals surface area contributed by atoms with Crippen molar-refractivity contribution in [2.75, 3.05) is 20.3 Å². The number of hydrogen-bond acceptors (Lipinski definition) is 16. The van der Waals surface area contributed by atoms with Crippen LogP contribution in [0.15, 0.2) is 23.0 Å². The topological polar surface area (TPSA) is 245 Å². The molecule has 48 heavy (non-hydrogen) atoms. The molecule has 16 nitrogen and oxygen atoms in total. The van der Waals surface area contributed by atoms with E-state index in [0.717, 1.165) is 7.11 Å². The highest BCUT2D eigenvalue weighted by molar-refractivity contribution is 5.96. The van der Waals surface area contributed by atoms with Crippen molar-refractivity contribution in [1.82, 2.24) is 0 Å². The van der Waals surface area contributed by atoms with Crippen LogP contribution in [0.3, 0.4) is 0 Å². The summed E-state index contributed by atoms with van der Waals surface area (Å²) in [5.74, 6) is -6.76. The lowest BCUT2D eigenvalue weighted by Crippen LogP contribution is -2.79. The zero-order valence-corrected chi connectivity index (χ0v) is 27.1. The molecule has 266 valence electrons. The molecule has 2 saturated carbocycles. The second-order valence-corrected chi connectivity index (χ2v) is 14.3. The van der Waals surface area contributed by atoms with Gasteiger partial charge in [0.05, 0.1) is 32.8 Å². The van der Waals surface area contributed by atoms with Crippen LogP contribution in [0.25, 0.3) is 0 Å². The standard InChI is InChI=1S/C32H42O16/c1-11(2)6-16(35)46-24-18-12(3)23(48-28-21(39)20(38)19(37)14(9-33)45-28)13(34)8-30(18,4)25-22(40)26(41)32(29(42)43-5)15-7-17(36)47-27(24)31(15,25)10-44-32/h6,14-15,18-22,24-28,33,37-41H,7-10H2,1-5H3/t14-,15-,18-,19-,20-,21-,22-,24-,25-,26+,27-,28+,30+,31+,32?/m1/s1. The van der Waals surface area contributed by atoms with Crippen molar-refractivity contribution in [2.45, 2.75) is 101 Å². The maximum Gasteiger partial charge on any atom is 0.341 e. The quantitative estimate of drug-likeness (QED) is 0.0987. The Morgan fingerprint density at radius 2 is 1.73 bits per heavy atom. The number of methoxy groups -OCH3 is 1. The van der Waals surface area contributed by atoms with Gasteiger partial charge in [-0.2, -0.15) is 0 Å². The third-order valence-electron chi connectivity index (χ3n) is 11.5. The highest BCUT2D eigenvalue weighted by Gasteiger charge is 2.84. The summed E-state index contributed by atoms with van der Waals surface area (Å²) in [5.41, 5.74) is -4.19. The van der Waals surface area contributed by atoms with Crippen LogP contribution in [0.5, 0.6) is 0 Å². The van der Waals surface area contributed by atoms with Gasteiger partial charge in [-0.3, -0.25) is 9.59 Å². The van der Waals surface area contributed by atoms with Crippen LogP contribution in [0.1, 0.15) is 40.5 Å². The number of carbonyl (C=O) groups is 4. The predicted octanol–water partition coefficient (Wildman–Crippen LogP) is -2.22. The molecule has 5 fully saturated rings. The average molecular weight is 683 g/mol. The van der Waals surface area contributed by atoms with Crippen LogP contribution in [-0.4, -0.2) is 135 Å². The number of allylic oxidation sites excluding steroid dienone is 2. The highest BCUT2D eigenvalue weighted by Crippen LogP contribution is 2.73. The van der Waals surface area contributed by atoms with Crippen molar-refractivity contribution in [3.8, 4) is 0 Å². The molecular weight excluding hydrogens is 640 g/mol. The first-order valence-corrected chi connectivity index (χ1v) is 15.9. The predicted molar refractivity (Wildman–Crippen MR) is 155 cm³/mol. The van der Waals surface area contributed by atoms with Crippen LogP contribution in [0.4, 0.5) is 0 Å². The lowest BCUT2D eigenvalue weighted by Gasteiger charge is -2.68. The lowest BCUT2D eigenvalue weighted by atomic mass is 9.38. The van der Waals surface area contributed by atoms with Crippen LogP contribution in [-0.2, 0) is 47.6 Å². The fourth-order valence-electron chi connectivity index (χ4n) is 9.79. The van der Waals surface area contributed by atoms with Crippen molar-refractivity contribution in [2.24, 2.45) is 28.6 Å². The van der Waals surface area contributed by atoms with Crippen LogP contribution < -0.4 is 0 Å². The lowest BCUT2D eigenvalue weighted by molar-refractivity contribution is -0.300. The van der Waals surface area contributed by atoms with E-state index in [4.69, 9.17) is 28.4 Å². The minimum absolute atomic E-state index is 0.152. The Bertz CT molecular complexity index is 1450. The van der Waals surface area contributed by atoms with E-state index in [9.17, 15) is 49.8 Å². The third kappa shape index (κ3) is 4.57. The fraction of sp³-hybridized carbons (Fsp3) is 0.750. The number of aliphatic hydroxyl groups excluding tert-OH is 6. The second-order valence-electron chi connectivity index (χ2n) is 14.3. The molecule has 3 aliphatic carbocycles. The van der Waals surface area contributed by atoms with E-state index in [1.165, 1.54) is 13.0 Å². The number of aliphatic hydroxyl groups is 6. The summed E-state index contributed by atoms with van der Waals surface area (Å²) in [6, 6.07) is 0. The molecule has 3 aliphatic heterocycles. The molecule has 6 N–H and O–H groups in total. The molecular formula is C32H42O16. The van der Waals surface area contributed by atoms with Crippen molar-refractivity contribution in [3.05, 3.63) is 23.0 Å². The van der Waals surface area contributed by atoms with Gasteiger partial charge in [0.2, 0.25) is 6.29 Å². The molecule has 1 spiro atoms. The first kappa shape index (κ1) is 34.9. The second kappa shape index (κ2) is 11.8. The number of esters is 3. The van der Waals surface area contributed by atoms with E-state index in [-0.39, 0.29) is 24.4 Å². The summed E-state index contributed by atoms with van der Waals surface area (Å²) in [6.07, 6.45) is -14.2. The van der Waals surface area contributed by atoms with Gasteiger partial charge in [-0.25, -0.2) is 9.59 Å². The van der Waals surface area contributed by atoms with Crippen molar-refractivity contribution in [1.29, 1.82) is 0 Å². The zero-order chi connectivity index (χ0) is 35.2. The molecule has 0 radical (unpaired) electrons. The Hall–Kier alpha value is -2.96. The molecule has 15 atom stereocenters. The number of Topliss-reactive ketones (excluding diaryl/α,β-unsaturated/α-hetero) is 1. The molecule has 3 saturated heterocycles. The van der Waals surface area contributed by atoms with Gasteiger partial charge in [0.25, 0.3) is 0 Å². The van der Waals surface area contributed by atoms with Gasteiger partial charge in [-0.15, -0.1) is 0 Å². The molecule has 0 aromatic rings. The molecule has 3 heterocycles. The molecule has 6 rings (SSSR count). The molecule has 16 heteroatoms. The van der Waals surface area contributed by atoms with E-state index in [2.05, 4.69) is 0 Å². The number of ketones is 1. The zero-order valence-electron chi connectivity index (χ0n) is 27.1. The molecule has 0 aromatic carbocycles. The molecule has 0 amide bonds. The Morgan fingerprint density at radius 3 is 2.35 bits per heavy atom. The van der Waals surface area contributed by atoms with E-state index in [1.54, 1.807) is 20.8 Å². The average Bonchev–Trinajstić information content (AvgIpc) is 3.30. The third-order valence-corrected chi connectivity index (χ3v) is 11.5. The summed E-state index contributed by atoms with van der Waals surface area (Å²) in [4.78, 5) is 54.0. The Kier molecular flexibility index (Phi) is 8.60. The monoisotopic (exact) mass is 682 g/mol. The fourth-order valence-corrected chi connectivity index (χ4v) is 9.79. The number of carbonyl (C=O) groups excluding carboxylic acids is 4. The van der Waals surface area contributed by atoms with Gasteiger partial charge in [-0.1, -0.05) is 12.5 Å². The summed E-state index contributed by atoms with van der Waals surface area (Å²) in [5, 5.41) is 64.4. The number of rotatable bonds is 6. The first-order valence-electron chi connectivity index (χ1n) is 15.9. The number of hydrogen-bond donors (Lipinski definition) is 6. The Balaban J connectivity index is 1.52. The van der Waals surface area contributed by atoms with Crippen LogP contribution in [0, 0.1) is 28.6 Å². The van der Waals surface area contributed by atoms with Gasteiger partial charge in [0.15, 0.2) is 17.1 Å². The van der Waals surface area contributed by atoms with E-state index >= 15 is 0 Å². The van der Waals surface area contributed by atoms with Crippen molar-refractivity contribution < 1.29 is 78.2 Å². The Morgan fingerprint density at radius 1 is 1.04 bits per heavy atom. The number of ether oxygens (including phenoxy) is 6. The maximum absolute atomic E-state index is 14.1. The Labute approximate surface area is 275 Å². The van der Waals surface area contributed by atoms with Gasteiger partial charge >= 0.3 is 17.9 Å². The summed E-state index contributed by atoms with van der Waals surface area (Å²) in [6.45, 7) is 5.46. The minimum atomic E-state index is -2.15. The van der Waals surface area contributed by atoms with Crippen LogP contribution >= 0.6 is 0 Å². The van der Waals surface area contributed by atoms with E-state index in [1.807, 2.05) is 0 Å². The van der Waals surface area contributed by atoms with Gasteiger partial charge in [0.1, 0.15) is 42.7 Å². The largest absolute Gasteiger partial charge is 0.467 e. The molecule has 1 unspecified atom stereocenters. The van der Waals surface area contributed by atoms with Crippen molar-refractivity contribution >= 4 is 23.7 Å². The summed E-state index contributed by atoms with van der Waals surface area (Å²) >= 11 is 0. The van der Waals surface area contributed by atoms with E-state index < -0.39 is 126 Å². The van der Waals surface area contributed by atoms with Gasteiger partial charge < -0.3 is 59.1 Å². The van der Waals surface area contributed by atoms with Gasteiger partial charge in [0, 0.05) is 35.7 Å². The van der Waals surface area contributed by atoms with Gasteiger partial charge in [-0.05, 0) is 31.8 Å². The normalized spacial score (nSPS) is 47.7. The summed E-state index contributed by atoms with van der Waals surface area (Å²) in [7, 11) is 1.09. The van der Waals surface area contributed by atoms with Crippen LogP contribution in [0.2, 0.25) is 0 Å². The smallest absolute Gasteiger partial charge is 0.341 e. The summed E-state index contributed by atoms with van der Waals surface area (Å²) < 4.78 is 34.5. The van der Waals surface area contributed by atoms with Crippen molar-refractivity contribution in [3.63, 3.8) is 0 Å². The minimum Gasteiger partial charge on any atom is -0.467 e. The highest BCUT2D eigenvalue weighted by atomic mass is 16.7. The molecule has 6 aliphatic rings. The van der Waals surface area contributed by atoms with E-state index in [0.29, 0.717) is 5.57 Å². The molecule has 2 bridgehead atoms. The number of fused-ring (bicyclic) bond motifs is 2. The SMILES string of the molecule is COC(=O)C12OC[C@]34[C@H](OC(=O)C[C@@H]13)[C@H](OC(=O)C=C(C)C)[C@H]1C(C)=C(O[C@@H]3O[C@H](CO)[C@@H](O)[C@@H](O)[C@H]3O)C(=O)C[C@]1(C)[C@H]4[C@@H](O)[C@@H]2O. The first-order chi connectivity index (χ1) is 22.5. The maximum atomic E-state index is 14.1. The molecule has 0 aromatic heterocycles.